The molecule has 8 nitrogen and oxygen atoms in total. The number of sulfone groups is 1. The van der Waals surface area contributed by atoms with Crippen LogP contribution in [0.5, 0.6) is 0 Å². The first-order chi connectivity index (χ1) is 7.98. The molecule has 0 radical (unpaired) electrons. The van der Waals surface area contributed by atoms with E-state index in [4.69, 9.17) is 5.11 Å². The van der Waals surface area contributed by atoms with E-state index in [-0.39, 0.29) is 23.3 Å². The molecule has 0 aliphatic carbocycles. The highest BCUT2D eigenvalue weighted by Gasteiger charge is 2.31. The van der Waals surface area contributed by atoms with Gasteiger partial charge in [0.1, 0.15) is 0 Å². The van der Waals surface area contributed by atoms with Crippen LogP contribution < -0.4 is 0 Å². The number of carboxylic acid groups (broad SMARTS) is 1. The van der Waals surface area contributed by atoms with E-state index < -0.39 is 15.8 Å². The standard InChI is InChI=1S/C7H10N4O4S2/c12-6(13)3-16-7-8-9-10-11(7)5-1-2-17(14,15)4-5/h5H,1-4H2,(H,12,13). The molecule has 1 aromatic heterocycles. The zero-order valence-electron chi connectivity index (χ0n) is 8.68. The predicted octanol–water partition coefficient (Wildman–Crippen LogP) is -0.791. The minimum Gasteiger partial charge on any atom is -0.481 e. The van der Waals surface area contributed by atoms with Gasteiger partial charge in [0.25, 0.3) is 0 Å². The van der Waals surface area contributed by atoms with Gasteiger partial charge in [-0.25, -0.2) is 13.1 Å². The van der Waals surface area contributed by atoms with E-state index in [0.29, 0.717) is 11.6 Å². The van der Waals surface area contributed by atoms with Gasteiger partial charge in [0.15, 0.2) is 9.84 Å². The van der Waals surface area contributed by atoms with E-state index >= 15 is 0 Å². The van der Waals surface area contributed by atoms with Crippen molar-refractivity contribution >= 4 is 27.6 Å². The van der Waals surface area contributed by atoms with Crippen molar-refractivity contribution in [2.24, 2.45) is 0 Å². The monoisotopic (exact) mass is 278 g/mol. The lowest BCUT2D eigenvalue weighted by Crippen LogP contribution is -2.14. The van der Waals surface area contributed by atoms with E-state index in [9.17, 15) is 13.2 Å². The quantitative estimate of drug-likeness (QED) is 0.712. The number of hydrogen-bond donors (Lipinski definition) is 1. The van der Waals surface area contributed by atoms with Crippen LogP contribution in [-0.2, 0) is 14.6 Å². The van der Waals surface area contributed by atoms with Crippen LogP contribution in [-0.4, -0.2) is 57.0 Å². The largest absolute Gasteiger partial charge is 0.481 e. The Hall–Kier alpha value is -1.16. The van der Waals surface area contributed by atoms with Crippen LogP contribution in [0.2, 0.25) is 0 Å². The Bertz CT molecular complexity index is 526. The number of rotatable bonds is 4. The second kappa shape index (κ2) is 4.61. The lowest BCUT2D eigenvalue weighted by Gasteiger charge is -2.08. The Morgan fingerprint density at radius 2 is 2.35 bits per heavy atom. The molecule has 17 heavy (non-hydrogen) atoms. The Morgan fingerprint density at radius 3 is 2.94 bits per heavy atom. The topological polar surface area (TPSA) is 115 Å². The number of tetrazole rings is 1. The van der Waals surface area contributed by atoms with Crippen molar-refractivity contribution in [3.8, 4) is 0 Å². The highest BCUT2D eigenvalue weighted by atomic mass is 32.2. The SMILES string of the molecule is O=C(O)CSc1nnnn1C1CCS(=O)(=O)C1. The number of thioether (sulfide) groups is 1. The summed E-state index contributed by atoms with van der Waals surface area (Å²) in [5.41, 5.74) is 0. The van der Waals surface area contributed by atoms with Gasteiger partial charge in [-0.15, -0.1) is 5.10 Å². The van der Waals surface area contributed by atoms with Crippen LogP contribution >= 0.6 is 11.8 Å². The fourth-order valence-corrected chi connectivity index (χ4v) is 3.96. The third kappa shape index (κ3) is 2.94. The van der Waals surface area contributed by atoms with E-state index in [2.05, 4.69) is 15.5 Å². The van der Waals surface area contributed by atoms with Crippen molar-refractivity contribution < 1.29 is 18.3 Å². The lowest BCUT2D eigenvalue weighted by atomic mass is 10.3. The van der Waals surface area contributed by atoms with Crippen molar-refractivity contribution in [2.75, 3.05) is 17.3 Å². The molecule has 10 heteroatoms. The molecule has 1 aliphatic heterocycles. The second-order valence-corrected chi connectivity index (χ2v) is 6.82. The van der Waals surface area contributed by atoms with Gasteiger partial charge in [-0.2, -0.15) is 0 Å². The van der Waals surface area contributed by atoms with Crippen LogP contribution in [0, 0.1) is 0 Å². The molecule has 94 valence electrons. The van der Waals surface area contributed by atoms with Crippen molar-refractivity contribution in [3.63, 3.8) is 0 Å². The van der Waals surface area contributed by atoms with Gasteiger partial charge in [0.05, 0.1) is 23.3 Å². The van der Waals surface area contributed by atoms with E-state index in [1.165, 1.54) is 4.68 Å². The van der Waals surface area contributed by atoms with Gasteiger partial charge in [-0.1, -0.05) is 11.8 Å². The fourth-order valence-electron chi connectivity index (χ4n) is 1.60. The molecule has 2 heterocycles. The number of aliphatic carboxylic acids is 1. The highest BCUT2D eigenvalue weighted by molar-refractivity contribution is 7.99. The van der Waals surface area contributed by atoms with E-state index in [1.54, 1.807) is 0 Å². The zero-order valence-corrected chi connectivity index (χ0v) is 10.3. The van der Waals surface area contributed by atoms with Gasteiger partial charge in [-0.3, -0.25) is 4.79 Å². The second-order valence-electron chi connectivity index (χ2n) is 3.65. The predicted molar refractivity (Wildman–Crippen MR) is 58.5 cm³/mol. The minimum atomic E-state index is -3.01. The first-order valence-electron chi connectivity index (χ1n) is 4.81. The smallest absolute Gasteiger partial charge is 0.313 e. The van der Waals surface area contributed by atoms with Gasteiger partial charge in [-0.05, 0) is 16.8 Å². The summed E-state index contributed by atoms with van der Waals surface area (Å²) in [5.74, 6) is -0.984. The molecule has 0 bridgehead atoms. The molecule has 1 saturated heterocycles. The van der Waals surface area contributed by atoms with Crippen molar-refractivity contribution in [1.29, 1.82) is 0 Å². The molecular formula is C7H10N4O4S2. The van der Waals surface area contributed by atoms with Crippen molar-refractivity contribution in [3.05, 3.63) is 0 Å². The number of nitrogens with zero attached hydrogens (tertiary/aromatic N) is 4. The highest BCUT2D eigenvalue weighted by Crippen LogP contribution is 2.26. The van der Waals surface area contributed by atoms with Gasteiger partial charge in [0, 0.05) is 0 Å². The molecule has 0 amide bonds. The Morgan fingerprint density at radius 1 is 1.59 bits per heavy atom. The van der Waals surface area contributed by atoms with Crippen LogP contribution in [0.1, 0.15) is 12.5 Å². The van der Waals surface area contributed by atoms with E-state index in [0.717, 1.165) is 11.8 Å². The molecule has 1 unspecified atom stereocenters. The van der Waals surface area contributed by atoms with Gasteiger partial charge in [0.2, 0.25) is 5.16 Å². The summed E-state index contributed by atoms with van der Waals surface area (Å²) in [6, 6.07) is -0.286. The average Bonchev–Trinajstić information content (AvgIpc) is 2.80. The summed E-state index contributed by atoms with van der Waals surface area (Å²) >= 11 is 0.981. The molecule has 1 atom stereocenters. The number of aromatic nitrogens is 4. The molecule has 1 aliphatic rings. The molecule has 1 N–H and O–H groups in total. The Balaban J connectivity index is 2.12. The molecule has 1 fully saturated rings. The van der Waals surface area contributed by atoms with Crippen molar-refractivity contribution in [1.82, 2.24) is 20.2 Å². The fraction of sp³-hybridized carbons (Fsp3) is 0.714. The molecule has 2 rings (SSSR count). The number of carboxylic acids is 1. The summed E-state index contributed by atoms with van der Waals surface area (Å²) < 4.78 is 24.1. The minimum absolute atomic E-state index is 0.0126. The average molecular weight is 278 g/mol. The van der Waals surface area contributed by atoms with Crippen molar-refractivity contribution in [2.45, 2.75) is 17.6 Å². The summed E-state index contributed by atoms with van der Waals surface area (Å²) in [7, 11) is -3.01. The van der Waals surface area contributed by atoms with Crippen LogP contribution in [0.4, 0.5) is 0 Å². The van der Waals surface area contributed by atoms with Gasteiger partial charge < -0.3 is 5.11 Å². The summed E-state index contributed by atoms with van der Waals surface area (Å²) in [5, 5.41) is 19.8. The Labute approximate surface area is 101 Å². The third-order valence-electron chi connectivity index (χ3n) is 2.34. The normalized spacial score (nSPS) is 22.7. The number of hydrogen-bond acceptors (Lipinski definition) is 7. The summed E-state index contributed by atoms with van der Waals surface area (Å²) in [4.78, 5) is 10.4. The first-order valence-corrected chi connectivity index (χ1v) is 7.61. The summed E-state index contributed by atoms with van der Waals surface area (Å²) in [6.45, 7) is 0. The third-order valence-corrected chi connectivity index (χ3v) is 5.01. The van der Waals surface area contributed by atoms with Crippen LogP contribution in [0.25, 0.3) is 0 Å². The number of carbonyl (C=O) groups is 1. The maximum Gasteiger partial charge on any atom is 0.313 e. The molecule has 0 spiro atoms. The van der Waals surface area contributed by atoms with Gasteiger partial charge >= 0.3 is 5.97 Å². The lowest BCUT2D eigenvalue weighted by molar-refractivity contribution is -0.133. The van der Waals surface area contributed by atoms with E-state index in [1.807, 2.05) is 0 Å². The summed E-state index contributed by atoms with van der Waals surface area (Å²) in [6.07, 6.45) is 0.466. The molecule has 0 saturated carbocycles. The molecule has 0 aromatic carbocycles. The zero-order chi connectivity index (χ0) is 12.5. The maximum atomic E-state index is 11.3. The molecular weight excluding hydrogens is 268 g/mol. The Kier molecular flexibility index (Phi) is 3.33. The van der Waals surface area contributed by atoms with Crippen LogP contribution in [0.15, 0.2) is 5.16 Å². The molecule has 1 aromatic rings. The van der Waals surface area contributed by atoms with Crippen LogP contribution in [0.3, 0.4) is 0 Å². The first kappa shape index (κ1) is 12.3. The maximum absolute atomic E-state index is 11.3.